The molecule has 1 aromatic heterocycles. The van der Waals surface area contributed by atoms with Crippen LogP contribution < -0.4 is 14.2 Å². The summed E-state index contributed by atoms with van der Waals surface area (Å²) in [5, 5.41) is 9.18. The van der Waals surface area contributed by atoms with Crippen molar-refractivity contribution in [2.45, 2.75) is 32.5 Å². The number of alkyl halides is 1. The number of ether oxygens (including phenoxy) is 3. The zero-order valence-electron chi connectivity index (χ0n) is 32.4. The fourth-order valence-electron chi connectivity index (χ4n) is 6.94. The monoisotopic (exact) mass is 804 g/mol. The number of nitrogens with one attached hydrogen (secondary N) is 1. The van der Waals surface area contributed by atoms with Gasteiger partial charge in [0.05, 0.1) is 17.8 Å². The Balaban J connectivity index is 1.16. The number of benzene rings is 3. The maximum atomic E-state index is 14.3. The van der Waals surface area contributed by atoms with Crippen LogP contribution in [-0.2, 0) is 13.0 Å². The van der Waals surface area contributed by atoms with Gasteiger partial charge >= 0.3 is 0 Å². The Hall–Kier alpha value is -5.07. The van der Waals surface area contributed by atoms with Gasteiger partial charge in [0, 0.05) is 67.0 Å². The first kappa shape index (κ1) is 40.1. The van der Waals surface area contributed by atoms with Crippen molar-refractivity contribution in [1.29, 1.82) is 5.41 Å². The van der Waals surface area contributed by atoms with E-state index in [4.69, 9.17) is 36.2 Å². The SMILES string of the molecule is COc1ccc(-c2nccc(COc3ccccc3C/C=C3\C(c4ccc(OCCN5CCN(C)CC5)c(Cl)c4C)=C(C4=CCC(F)C=C4)S\C3=N\C=N)n2)cc1. The van der Waals surface area contributed by atoms with Crippen LogP contribution in [0.1, 0.15) is 28.8 Å². The predicted octanol–water partition coefficient (Wildman–Crippen LogP) is 9.18. The molecule has 57 heavy (non-hydrogen) atoms. The van der Waals surface area contributed by atoms with Gasteiger partial charge in [0.1, 0.15) is 48.0 Å². The highest BCUT2D eigenvalue weighted by Gasteiger charge is 2.32. The maximum absolute atomic E-state index is 14.3. The summed E-state index contributed by atoms with van der Waals surface area (Å²) in [5.74, 6) is 2.74. The normalized spacial score (nSPS) is 19.0. The molecule has 1 N–H and O–H groups in total. The van der Waals surface area contributed by atoms with Crippen LogP contribution >= 0.6 is 23.4 Å². The van der Waals surface area contributed by atoms with Crippen molar-refractivity contribution in [1.82, 2.24) is 19.8 Å². The summed E-state index contributed by atoms with van der Waals surface area (Å²) in [4.78, 5) is 19.4. The molecule has 2 aliphatic heterocycles. The molecule has 0 bridgehead atoms. The van der Waals surface area contributed by atoms with Crippen molar-refractivity contribution in [3.05, 3.63) is 141 Å². The second-order valence-corrected chi connectivity index (χ2v) is 15.4. The fourth-order valence-corrected chi connectivity index (χ4v) is 8.35. The summed E-state index contributed by atoms with van der Waals surface area (Å²) in [6.07, 6.45) is 10.1. The summed E-state index contributed by atoms with van der Waals surface area (Å²) in [7, 11) is 3.79. The number of methoxy groups -OCH3 is 1. The molecule has 1 unspecified atom stereocenters. The second-order valence-electron chi connectivity index (χ2n) is 14.0. The minimum Gasteiger partial charge on any atom is -0.497 e. The number of nitrogens with zero attached hydrogens (tertiary/aromatic N) is 5. The average Bonchev–Trinajstić information content (AvgIpc) is 3.59. The van der Waals surface area contributed by atoms with Crippen molar-refractivity contribution in [2.24, 2.45) is 4.99 Å². The molecular weight excluding hydrogens is 759 g/mol. The minimum absolute atomic E-state index is 0.252. The van der Waals surface area contributed by atoms with E-state index in [2.05, 4.69) is 32.9 Å². The first-order chi connectivity index (χ1) is 27.8. The number of piperazine rings is 1. The van der Waals surface area contributed by atoms with Crippen LogP contribution in [0.25, 0.3) is 17.0 Å². The van der Waals surface area contributed by atoms with Gasteiger partial charge < -0.3 is 19.1 Å². The number of likely N-dealkylation sites (N-methyl/N-ethyl adjacent to an activating group) is 1. The molecule has 1 aliphatic carbocycles. The molecule has 294 valence electrons. The van der Waals surface area contributed by atoms with E-state index >= 15 is 0 Å². The first-order valence-electron chi connectivity index (χ1n) is 19.0. The zero-order chi connectivity index (χ0) is 39.7. The molecule has 0 spiro atoms. The van der Waals surface area contributed by atoms with E-state index in [-0.39, 0.29) is 13.0 Å². The number of rotatable bonds is 14. The first-order valence-corrected chi connectivity index (χ1v) is 20.2. The summed E-state index contributed by atoms with van der Waals surface area (Å²) in [6, 6.07) is 21.4. The van der Waals surface area contributed by atoms with Crippen LogP contribution in [0.2, 0.25) is 5.02 Å². The van der Waals surface area contributed by atoms with Crippen molar-refractivity contribution in [2.75, 3.05) is 53.5 Å². The Labute approximate surface area is 343 Å². The van der Waals surface area contributed by atoms with Gasteiger partial charge in [-0.05, 0) is 91.2 Å². The Morgan fingerprint density at radius 3 is 2.58 bits per heavy atom. The number of hydrogen-bond donors (Lipinski definition) is 1. The molecule has 1 atom stereocenters. The third kappa shape index (κ3) is 9.73. The third-order valence-electron chi connectivity index (χ3n) is 10.2. The number of halogens is 2. The van der Waals surface area contributed by atoms with Gasteiger partial charge in [-0.3, -0.25) is 10.3 Å². The van der Waals surface area contributed by atoms with E-state index < -0.39 is 6.17 Å². The van der Waals surface area contributed by atoms with E-state index in [0.29, 0.717) is 34.7 Å². The zero-order valence-corrected chi connectivity index (χ0v) is 34.0. The number of aromatic nitrogens is 2. The summed E-state index contributed by atoms with van der Waals surface area (Å²) < 4.78 is 32.2. The molecule has 9 nitrogen and oxygen atoms in total. The lowest BCUT2D eigenvalue weighted by Crippen LogP contribution is -2.45. The molecule has 7 rings (SSSR count). The molecule has 0 amide bonds. The Morgan fingerprint density at radius 1 is 1.02 bits per heavy atom. The highest BCUT2D eigenvalue weighted by Crippen LogP contribution is 2.50. The average molecular weight is 805 g/mol. The largest absolute Gasteiger partial charge is 0.497 e. The van der Waals surface area contributed by atoms with Gasteiger partial charge in [-0.25, -0.2) is 19.4 Å². The Bertz CT molecular complexity index is 2250. The molecule has 1 saturated heterocycles. The number of hydrogen-bond acceptors (Lipinski definition) is 9. The Morgan fingerprint density at radius 2 is 1.82 bits per heavy atom. The summed E-state index contributed by atoms with van der Waals surface area (Å²) >= 11 is 8.57. The van der Waals surface area contributed by atoms with E-state index in [1.807, 2.05) is 85.8 Å². The molecular formula is C45H46ClFN6O3S. The lowest BCUT2D eigenvalue weighted by molar-refractivity contribution is 0.134. The number of thioether (sulfide) groups is 1. The maximum Gasteiger partial charge on any atom is 0.159 e. The van der Waals surface area contributed by atoms with Gasteiger partial charge in [-0.1, -0.05) is 65.9 Å². The number of aliphatic imine (C=N–C) groups is 1. The molecule has 0 radical (unpaired) electrons. The summed E-state index contributed by atoms with van der Waals surface area (Å²) in [5.41, 5.74) is 7.11. The van der Waals surface area contributed by atoms with Crippen molar-refractivity contribution >= 4 is 40.3 Å². The van der Waals surface area contributed by atoms with E-state index in [1.54, 1.807) is 19.4 Å². The predicted molar refractivity (Wildman–Crippen MR) is 230 cm³/mol. The van der Waals surface area contributed by atoms with Crippen molar-refractivity contribution in [3.63, 3.8) is 0 Å². The van der Waals surface area contributed by atoms with Gasteiger partial charge in [0.15, 0.2) is 5.82 Å². The summed E-state index contributed by atoms with van der Waals surface area (Å²) in [6.45, 7) is 7.77. The number of allylic oxidation sites excluding steroid dienone is 6. The highest BCUT2D eigenvalue weighted by molar-refractivity contribution is 8.18. The van der Waals surface area contributed by atoms with Gasteiger partial charge in [-0.2, -0.15) is 0 Å². The fraction of sp³-hybridized carbons (Fsp3) is 0.289. The lowest BCUT2D eigenvalue weighted by atomic mass is 9.90. The topological polar surface area (TPSA) is 96.2 Å². The van der Waals surface area contributed by atoms with Crippen LogP contribution in [0.4, 0.5) is 4.39 Å². The molecule has 4 aromatic rings. The number of para-hydroxylation sites is 1. The van der Waals surface area contributed by atoms with Crippen LogP contribution in [0.5, 0.6) is 17.2 Å². The third-order valence-corrected chi connectivity index (χ3v) is 11.9. The smallest absolute Gasteiger partial charge is 0.159 e. The van der Waals surface area contributed by atoms with Gasteiger partial charge in [0.2, 0.25) is 0 Å². The minimum atomic E-state index is -1.03. The van der Waals surface area contributed by atoms with Crippen molar-refractivity contribution < 1.29 is 18.6 Å². The van der Waals surface area contributed by atoms with Gasteiger partial charge in [-0.15, -0.1) is 0 Å². The quantitative estimate of drug-likeness (QED) is 0.0997. The van der Waals surface area contributed by atoms with Crippen LogP contribution in [0.3, 0.4) is 0 Å². The molecule has 3 heterocycles. The molecule has 3 aliphatic rings. The molecule has 1 fully saturated rings. The van der Waals surface area contributed by atoms with E-state index in [1.165, 1.54) is 11.8 Å². The van der Waals surface area contributed by atoms with Gasteiger partial charge in [0.25, 0.3) is 0 Å². The van der Waals surface area contributed by atoms with Crippen LogP contribution in [-0.4, -0.2) is 90.8 Å². The van der Waals surface area contributed by atoms with E-state index in [9.17, 15) is 4.39 Å². The molecule has 0 saturated carbocycles. The van der Waals surface area contributed by atoms with E-state index in [0.717, 1.165) is 100 Å². The second kappa shape index (κ2) is 18.9. The highest BCUT2D eigenvalue weighted by atomic mass is 35.5. The van der Waals surface area contributed by atoms with Crippen molar-refractivity contribution in [3.8, 4) is 28.6 Å². The Kier molecular flexibility index (Phi) is 13.3. The van der Waals surface area contributed by atoms with Crippen LogP contribution in [0, 0.1) is 12.3 Å². The molecule has 3 aromatic carbocycles. The lowest BCUT2D eigenvalue weighted by Gasteiger charge is -2.32. The molecule has 12 heteroatoms. The van der Waals surface area contributed by atoms with Crippen LogP contribution in [0.15, 0.2) is 118 Å². The standard InChI is InChI=1S/C45H46ClFN6O3S/c1-30-37(18-19-40(42(30)46)55-27-26-53-24-22-52(2)23-25-53)41-38(45(50-29-48)57-43(41)32-8-13-34(47)14-9-32)17-12-31-6-4-5-7-39(31)56-28-35-20-21-49-44(51-35)33-10-15-36(54-3)16-11-33/h4-11,13,15-21,29,34,48H,12,14,22-28H2,1-3H3/b38-17+,48-29?,50-45+.